The van der Waals surface area contributed by atoms with E-state index >= 15 is 0 Å². The first kappa shape index (κ1) is 21.7. The summed E-state index contributed by atoms with van der Waals surface area (Å²) >= 11 is 8.85. The maximum absolute atomic E-state index is 5.55. The zero-order chi connectivity index (χ0) is 21.5. The lowest BCUT2D eigenvalue weighted by molar-refractivity contribution is 0.411. The van der Waals surface area contributed by atoms with Gasteiger partial charge in [-0.05, 0) is 48.1 Å². The number of anilines is 1. The number of thioether (sulfide) groups is 2. The highest BCUT2D eigenvalue weighted by Crippen LogP contribution is 2.37. The van der Waals surface area contributed by atoms with Crippen molar-refractivity contribution in [3.63, 3.8) is 0 Å². The number of methoxy groups -OCH3 is 1. The Morgan fingerprint density at radius 3 is 2.87 bits per heavy atom. The maximum Gasteiger partial charge on any atom is 0.191 e. The minimum Gasteiger partial charge on any atom is -0.496 e. The van der Waals surface area contributed by atoms with Gasteiger partial charge in [-0.3, -0.25) is 10.4 Å². The number of nitrogens with one attached hydrogen (secondary N) is 2. The van der Waals surface area contributed by atoms with Gasteiger partial charge in [0.1, 0.15) is 10.1 Å². The predicted octanol–water partition coefficient (Wildman–Crippen LogP) is 5.21. The van der Waals surface area contributed by atoms with Crippen LogP contribution in [0.15, 0.2) is 82.9 Å². The molecule has 0 bridgehead atoms. The smallest absolute Gasteiger partial charge is 0.191 e. The number of allylic oxidation sites excluding steroid dienone is 2. The normalized spacial score (nSPS) is 19.2. The number of ether oxygens (including phenoxy) is 1. The summed E-state index contributed by atoms with van der Waals surface area (Å²) in [4.78, 5) is 4.81. The zero-order valence-electron chi connectivity index (χ0n) is 16.9. The Labute approximate surface area is 196 Å². The summed E-state index contributed by atoms with van der Waals surface area (Å²) in [5.74, 6) is 1.64. The van der Waals surface area contributed by atoms with Crippen LogP contribution in [0.5, 0.6) is 5.75 Å². The van der Waals surface area contributed by atoms with E-state index in [-0.39, 0.29) is 6.04 Å². The molecule has 2 aromatic rings. The van der Waals surface area contributed by atoms with Crippen LogP contribution in [0.2, 0.25) is 0 Å². The Morgan fingerprint density at radius 2 is 2.06 bits per heavy atom. The summed E-state index contributed by atoms with van der Waals surface area (Å²) in [6.45, 7) is 0. The molecule has 158 valence electrons. The Bertz CT molecular complexity index is 1050. The molecule has 0 saturated carbocycles. The molecule has 0 aromatic heterocycles. The lowest BCUT2D eigenvalue weighted by Crippen LogP contribution is -2.23. The van der Waals surface area contributed by atoms with Crippen LogP contribution in [0.1, 0.15) is 11.1 Å². The molecule has 0 saturated heterocycles. The van der Waals surface area contributed by atoms with Crippen LogP contribution in [0.3, 0.4) is 0 Å². The minimum atomic E-state index is 0.261. The van der Waals surface area contributed by atoms with E-state index in [1.54, 1.807) is 25.1 Å². The van der Waals surface area contributed by atoms with E-state index in [1.807, 2.05) is 54.2 Å². The first-order chi connectivity index (χ1) is 15.2. The molecule has 2 aromatic carbocycles. The molecule has 1 heterocycles. The molecule has 2 aliphatic rings. The van der Waals surface area contributed by atoms with E-state index in [4.69, 9.17) is 21.9 Å². The second kappa shape index (κ2) is 10.7. The first-order valence-corrected chi connectivity index (χ1v) is 12.0. The average Bonchev–Trinajstić information content (AvgIpc) is 3.21. The zero-order valence-corrected chi connectivity index (χ0v) is 19.3. The lowest BCUT2D eigenvalue weighted by Gasteiger charge is -2.11. The van der Waals surface area contributed by atoms with E-state index < -0.39 is 0 Å². The van der Waals surface area contributed by atoms with Gasteiger partial charge in [0.2, 0.25) is 0 Å². The highest BCUT2D eigenvalue weighted by Gasteiger charge is 2.27. The topological polar surface area (TPSA) is 58.0 Å². The summed E-state index contributed by atoms with van der Waals surface area (Å²) < 4.78 is 6.66. The van der Waals surface area contributed by atoms with Gasteiger partial charge in [0.25, 0.3) is 0 Å². The Balaban J connectivity index is 1.34. The third-order valence-corrected chi connectivity index (χ3v) is 7.27. The Hall–Kier alpha value is -2.55. The number of fused-ring (bicyclic) bond motifs is 1. The number of thiocarbonyl (C=S) groups is 1. The molecule has 2 N–H and O–H groups in total. The number of benzene rings is 2. The van der Waals surface area contributed by atoms with Crippen LogP contribution in [0.4, 0.5) is 5.69 Å². The number of rotatable bonds is 6. The largest absolute Gasteiger partial charge is 0.496 e. The van der Waals surface area contributed by atoms with Crippen LogP contribution >= 0.6 is 35.7 Å². The second-order valence-electron chi connectivity index (χ2n) is 6.79. The molecular formula is C23H22N4OS3. The fourth-order valence-electron chi connectivity index (χ4n) is 3.12. The van der Waals surface area contributed by atoms with Crippen molar-refractivity contribution in [2.24, 2.45) is 10.1 Å². The van der Waals surface area contributed by atoms with Gasteiger partial charge in [-0.25, -0.2) is 0 Å². The fourth-order valence-corrected chi connectivity index (χ4v) is 5.65. The maximum atomic E-state index is 5.55. The quantitative estimate of drug-likeness (QED) is 0.346. The van der Waals surface area contributed by atoms with Gasteiger partial charge in [-0.2, -0.15) is 5.10 Å². The SMILES string of the molecule is COc1ccc(/C=N/NC(=S)Nc2ccccc2)cc1CSC1=NC2C=CC=CC2S1. The first-order valence-electron chi connectivity index (χ1n) is 9.75. The van der Waals surface area contributed by atoms with E-state index in [9.17, 15) is 0 Å². The molecule has 5 nitrogen and oxygen atoms in total. The van der Waals surface area contributed by atoms with Gasteiger partial charge in [-0.15, -0.1) is 0 Å². The molecule has 31 heavy (non-hydrogen) atoms. The van der Waals surface area contributed by atoms with E-state index in [1.165, 1.54) is 0 Å². The predicted molar refractivity (Wildman–Crippen MR) is 139 cm³/mol. The highest BCUT2D eigenvalue weighted by atomic mass is 32.2. The van der Waals surface area contributed by atoms with Gasteiger partial charge in [-0.1, -0.05) is 66.0 Å². The molecule has 8 heteroatoms. The third kappa shape index (κ3) is 6.00. The molecule has 0 radical (unpaired) electrons. The van der Waals surface area contributed by atoms with Gasteiger partial charge in [0, 0.05) is 17.0 Å². The number of para-hydroxylation sites is 1. The average molecular weight is 467 g/mol. The Kier molecular flexibility index (Phi) is 7.45. The molecule has 0 spiro atoms. The van der Waals surface area contributed by atoms with Crippen LogP contribution in [0.25, 0.3) is 0 Å². The van der Waals surface area contributed by atoms with Crippen LogP contribution in [0, 0.1) is 0 Å². The van der Waals surface area contributed by atoms with Crippen LogP contribution in [-0.2, 0) is 5.75 Å². The number of hydrogen-bond acceptors (Lipinski definition) is 6. The molecule has 2 unspecified atom stereocenters. The molecule has 0 fully saturated rings. The number of hydrogen-bond donors (Lipinski definition) is 2. The van der Waals surface area contributed by atoms with E-state index in [0.717, 1.165) is 32.7 Å². The fraction of sp³-hybridized carbons (Fsp3) is 0.174. The van der Waals surface area contributed by atoms with E-state index in [0.29, 0.717) is 10.4 Å². The summed E-state index contributed by atoms with van der Waals surface area (Å²) in [5.41, 5.74) is 5.83. The van der Waals surface area contributed by atoms with Gasteiger partial charge in [0.15, 0.2) is 5.11 Å². The summed E-state index contributed by atoms with van der Waals surface area (Å²) in [6.07, 6.45) is 10.3. The molecule has 4 rings (SSSR count). The molecule has 2 atom stereocenters. The number of hydrazone groups is 1. The van der Waals surface area contributed by atoms with Crippen LogP contribution < -0.4 is 15.5 Å². The summed E-state index contributed by atoms with van der Waals surface area (Å²) in [7, 11) is 1.69. The number of nitrogens with zero attached hydrogens (tertiary/aromatic N) is 2. The third-order valence-electron chi connectivity index (χ3n) is 4.62. The van der Waals surface area contributed by atoms with Crippen molar-refractivity contribution in [3.8, 4) is 5.75 Å². The van der Waals surface area contributed by atoms with Crippen molar-refractivity contribution in [2.75, 3.05) is 12.4 Å². The molecule has 1 aliphatic carbocycles. The van der Waals surface area contributed by atoms with Gasteiger partial charge >= 0.3 is 0 Å². The number of aliphatic imine (C=N–C) groups is 1. The molecular weight excluding hydrogens is 444 g/mol. The second-order valence-corrected chi connectivity index (χ2v) is 9.59. The molecule has 0 amide bonds. The minimum absolute atomic E-state index is 0.261. The molecule has 1 aliphatic heterocycles. The highest BCUT2D eigenvalue weighted by molar-refractivity contribution is 8.39. The summed E-state index contributed by atoms with van der Waals surface area (Å²) in [6, 6.07) is 16.0. The van der Waals surface area contributed by atoms with Crippen molar-refractivity contribution in [1.82, 2.24) is 5.43 Å². The van der Waals surface area contributed by atoms with Gasteiger partial charge in [0.05, 0.1) is 24.6 Å². The van der Waals surface area contributed by atoms with Crippen molar-refractivity contribution in [2.45, 2.75) is 17.0 Å². The van der Waals surface area contributed by atoms with Crippen LogP contribution in [-0.4, -0.2) is 34.1 Å². The standard InChI is InChI=1S/C23H22N4OS3/c1-28-20-12-11-16(14-24-27-22(29)25-18-7-3-2-4-8-18)13-17(20)15-30-23-26-19-9-5-6-10-21(19)31-23/h2-14,19,21H,15H2,1H3,(H2,25,27,29)/b24-14+. The Morgan fingerprint density at radius 1 is 1.23 bits per heavy atom. The van der Waals surface area contributed by atoms with Crippen molar-refractivity contribution in [3.05, 3.63) is 84.0 Å². The van der Waals surface area contributed by atoms with E-state index in [2.05, 4.69) is 46.2 Å². The van der Waals surface area contributed by atoms with Crippen molar-refractivity contribution < 1.29 is 4.74 Å². The summed E-state index contributed by atoms with van der Waals surface area (Å²) in [5, 5.41) is 8.20. The monoisotopic (exact) mass is 466 g/mol. The van der Waals surface area contributed by atoms with Crippen molar-refractivity contribution in [1.29, 1.82) is 0 Å². The van der Waals surface area contributed by atoms with Gasteiger partial charge < -0.3 is 10.1 Å². The van der Waals surface area contributed by atoms with Crippen molar-refractivity contribution >= 4 is 57.1 Å². The lowest BCUT2D eigenvalue weighted by atomic mass is 10.1.